The van der Waals surface area contributed by atoms with Crippen LogP contribution in [0.5, 0.6) is 0 Å². The van der Waals surface area contributed by atoms with Crippen molar-refractivity contribution >= 4 is 39.4 Å². The first-order chi connectivity index (χ1) is 11.6. The van der Waals surface area contributed by atoms with Crippen molar-refractivity contribution in [2.45, 2.75) is 19.5 Å². The number of hydrogen-bond acceptors (Lipinski definition) is 4. The van der Waals surface area contributed by atoms with Gasteiger partial charge in [0, 0.05) is 24.2 Å². The Hall–Kier alpha value is -2.19. The number of nitrogens with one attached hydrogen (secondary N) is 1. The Labute approximate surface area is 151 Å². The summed E-state index contributed by atoms with van der Waals surface area (Å²) >= 11 is 9.17. The zero-order valence-corrected chi connectivity index (χ0v) is 14.9. The molecule has 24 heavy (non-hydrogen) atoms. The van der Waals surface area contributed by atoms with E-state index in [0.29, 0.717) is 24.5 Å². The number of carbonyl (C=O) groups excluding carboxylic acids is 1. The highest BCUT2D eigenvalue weighted by Crippen LogP contribution is 2.11. The molecule has 0 aliphatic carbocycles. The van der Waals surface area contributed by atoms with Crippen molar-refractivity contribution in [3.8, 4) is 0 Å². The molecular weight excluding hydrogens is 396 g/mol. The minimum atomic E-state index is -0.161. The Morgan fingerprint density at radius 2 is 2.04 bits per heavy atom. The van der Waals surface area contributed by atoms with Gasteiger partial charge in [-0.05, 0) is 33.6 Å². The van der Waals surface area contributed by atoms with Gasteiger partial charge in [0.2, 0.25) is 11.9 Å². The largest absolute Gasteiger partial charge is 0.293 e. The molecule has 0 unspecified atom stereocenters. The molecule has 0 atom stereocenters. The van der Waals surface area contributed by atoms with Crippen molar-refractivity contribution < 1.29 is 4.79 Å². The van der Waals surface area contributed by atoms with Crippen LogP contribution in [0.3, 0.4) is 0 Å². The molecule has 1 amide bonds. The first kappa shape index (κ1) is 16.7. The average molecular weight is 410 g/mol. The molecule has 2 aromatic heterocycles. The number of aryl methyl sites for hydroxylation is 1. The molecule has 0 radical (unpaired) electrons. The van der Waals surface area contributed by atoms with Gasteiger partial charge in [0.15, 0.2) is 0 Å². The van der Waals surface area contributed by atoms with Crippen LogP contribution in [0.1, 0.15) is 12.0 Å². The zero-order chi connectivity index (χ0) is 16.9. The number of anilines is 1. The van der Waals surface area contributed by atoms with Gasteiger partial charge in [0.1, 0.15) is 6.33 Å². The normalized spacial score (nSPS) is 10.8. The summed E-state index contributed by atoms with van der Waals surface area (Å²) in [7, 11) is 0. The Bertz CT molecular complexity index is 829. The molecule has 2 heterocycles. The van der Waals surface area contributed by atoms with Crippen LogP contribution >= 0.6 is 27.5 Å². The van der Waals surface area contributed by atoms with E-state index in [4.69, 9.17) is 11.6 Å². The van der Waals surface area contributed by atoms with Crippen LogP contribution in [-0.2, 0) is 17.9 Å². The van der Waals surface area contributed by atoms with Gasteiger partial charge in [-0.25, -0.2) is 9.67 Å². The summed E-state index contributed by atoms with van der Waals surface area (Å²) in [5.74, 6) is 0.126. The van der Waals surface area contributed by atoms with Crippen molar-refractivity contribution in [1.82, 2.24) is 24.5 Å². The van der Waals surface area contributed by atoms with Gasteiger partial charge < -0.3 is 0 Å². The van der Waals surface area contributed by atoms with Crippen LogP contribution in [0.4, 0.5) is 5.95 Å². The number of benzene rings is 1. The second-order valence-corrected chi connectivity index (χ2v) is 6.46. The summed E-state index contributed by atoms with van der Waals surface area (Å²) in [6, 6.07) is 7.49. The molecule has 3 rings (SSSR count). The SMILES string of the molecule is O=C(CCn1cc(Br)cn1)Nc1ncn(Cc2ccc(Cl)cc2)n1. The van der Waals surface area contributed by atoms with Gasteiger partial charge in [0.05, 0.1) is 17.2 Å². The summed E-state index contributed by atoms with van der Waals surface area (Å²) < 4.78 is 4.23. The second kappa shape index (κ2) is 7.59. The highest BCUT2D eigenvalue weighted by atomic mass is 79.9. The first-order valence-electron chi connectivity index (χ1n) is 7.20. The number of halogens is 2. The van der Waals surface area contributed by atoms with Gasteiger partial charge in [-0.2, -0.15) is 5.10 Å². The molecule has 1 N–H and O–H groups in total. The molecule has 3 aromatic rings. The van der Waals surface area contributed by atoms with E-state index in [9.17, 15) is 4.79 Å². The van der Waals surface area contributed by atoms with Crippen LogP contribution < -0.4 is 5.32 Å². The molecule has 0 spiro atoms. The average Bonchev–Trinajstić information content (AvgIpc) is 3.17. The quantitative estimate of drug-likeness (QED) is 0.679. The van der Waals surface area contributed by atoms with Crippen LogP contribution in [-0.4, -0.2) is 30.5 Å². The Kier molecular flexibility index (Phi) is 5.27. The molecular formula is C15H14BrClN6O. The molecule has 0 saturated carbocycles. The van der Waals surface area contributed by atoms with E-state index in [2.05, 4.69) is 36.4 Å². The van der Waals surface area contributed by atoms with Crippen LogP contribution in [0.15, 0.2) is 47.5 Å². The highest BCUT2D eigenvalue weighted by Gasteiger charge is 2.07. The molecule has 7 nitrogen and oxygen atoms in total. The maximum absolute atomic E-state index is 11.9. The third-order valence-corrected chi connectivity index (χ3v) is 3.88. The third-order valence-electron chi connectivity index (χ3n) is 3.22. The predicted octanol–water partition coefficient (Wildman–Crippen LogP) is 2.97. The van der Waals surface area contributed by atoms with Gasteiger partial charge in [-0.1, -0.05) is 23.7 Å². The van der Waals surface area contributed by atoms with Crippen molar-refractivity contribution in [3.63, 3.8) is 0 Å². The zero-order valence-electron chi connectivity index (χ0n) is 12.6. The Balaban J connectivity index is 1.51. The minimum Gasteiger partial charge on any atom is -0.293 e. The van der Waals surface area contributed by atoms with E-state index >= 15 is 0 Å². The van der Waals surface area contributed by atoms with E-state index < -0.39 is 0 Å². The molecule has 0 aliphatic heterocycles. The van der Waals surface area contributed by atoms with Crippen LogP contribution in [0.25, 0.3) is 0 Å². The summed E-state index contributed by atoms with van der Waals surface area (Å²) in [5.41, 5.74) is 1.05. The van der Waals surface area contributed by atoms with Gasteiger partial charge in [-0.3, -0.25) is 14.8 Å². The van der Waals surface area contributed by atoms with E-state index in [-0.39, 0.29) is 11.9 Å². The highest BCUT2D eigenvalue weighted by molar-refractivity contribution is 9.10. The number of aromatic nitrogens is 5. The molecule has 0 saturated heterocycles. The number of carbonyl (C=O) groups is 1. The minimum absolute atomic E-state index is 0.161. The summed E-state index contributed by atoms with van der Waals surface area (Å²) in [5, 5.41) is 11.7. The van der Waals surface area contributed by atoms with E-state index in [1.807, 2.05) is 30.5 Å². The molecule has 1 aromatic carbocycles. The molecule has 0 bridgehead atoms. The summed E-state index contributed by atoms with van der Waals surface area (Å²) in [6.45, 7) is 1.05. The third kappa shape index (κ3) is 4.65. The van der Waals surface area contributed by atoms with Crippen LogP contribution in [0, 0.1) is 0 Å². The van der Waals surface area contributed by atoms with E-state index in [1.54, 1.807) is 21.9 Å². The lowest BCUT2D eigenvalue weighted by molar-refractivity contribution is -0.116. The maximum atomic E-state index is 11.9. The first-order valence-corrected chi connectivity index (χ1v) is 8.37. The van der Waals surface area contributed by atoms with Crippen molar-refractivity contribution in [2.24, 2.45) is 0 Å². The van der Waals surface area contributed by atoms with E-state index in [1.165, 1.54) is 0 Å². The number of amides is 1. The van der Waals surface area contributed by atoms with Crippen molar-refractivity contribution in [2.75, 3.05) is 5.32 Å². The topological polar surface area (TPSA) is 77.6 Å². The Morgan fingerprint density at radius 3 is 2.75 bits per heavy atom. The fourth-order valence-electron chi connectivity index (χ4n) is 2.07. The van der Waals surface area contributed by atoms with Crippen molar-refractivity contribution in [3.05, 3.63) is 58.0 Å². The predicted molar refractivity (Wildman–Crippen MR) is 93.7 cm³/mol. The molecule has 9 heteroatoms. The lowest BCUT2D eigenvalue weighted by Gasteiger charge is -2.02. The van der Waals surface area contributed by atoms with Crippen LogP contribution in [0.2, 0.25) is 5.02 Å². The molecule has 0 fully saturated rings. The fraction of sp³-hybridized carbons (Fsp3) is 0.200. The van der Waals surface area contributed by atoms with Crippen molar-refractivity contribution in [1.29, 1.82) is 0 Å². The molecule has 124 valence electrons. The van der Waals surface area contributed by atoms with Gasteiger partial charge in [-0.15, -0.1) is 5.10 Å². The lowest BCUT2D eigenvalue weighted by atomic mass is 10.2. The standard InChI is InChI=1S/C15H14BrClN6O/c16-12-7-19-22(9-12)6-5-14(24)20-15-18-10-23(21-15)8-11-1-3-13(17)4-2-11/h1-4,7,9-10H,5-6,8H2,(H,20,21,24). The summed E-state index contributed by atoms with van der Waals surface area (Å²) in [4.78, 5) is 16.0. The number of nitrogens with zero attached hydrogens (tertiary/aromatic N) is 5. The fourth-order valence-corrected chi connectivity index (χ4v) is 2.52. The smallest absolute Gasteiger partial charge is 0.248 e. The number of rotatable bonds is 6. The monoisotopic (exact) mass is 408 g/mol. The molecule has 0 aliphatic rings. The van der Waals surface area contributed by atoms with Gasteiger partial charge in [0.25, 0.3) is 0 Å². The second-order valence-electron chi connectivity index (χ2n) is 5.11. The van der Waals surface area contributed by atoms with E-state index in [0.717, 1.165) is 10.0 Å². The number of hydrogen-bond donors (Lipinski definition) is 1. The summed E-state index contributed by atoms with van der Waals surface area (Å²) in [6.07, 6.45) is 5.36. The lowest BCUT2D eigenvalue weighted by Crippen LogP contribution is -2.16. The van der Waals surface area contributed by atoms with Gasteiger partial charge >= 0.3 is 0 Å². The maximum Gasteiger partial charge on any atom is 0.248 e. The Morgan fingerprint density at radius 1 is 1.25 bits per heavy atom.